The monoisotopic (exact) mass is 268 g/mol. The summed E-state index contributed by atoms with van der Waals surface area (Å²) in [5, 5.41) is 0. The predicted molar refractivity (Wildman–Crippen MR) is 70.7 cm³/mol. The SMILES string of the molecule is COc1cc(OC)nc(N2CCOC(C(C)N)C2)n1. The van der Waals surface area contributed by atoms with E-state index in [1.165, 1.54) is 0 Å². The molecule has 2 N–H and O–H groups in total. The maximum absolute atomic E-state index is 5.88. The molecule has 0 saturated carbocycles. The van der Waals surface area contributed by atoms with Crippen LogP contribution in [0.5, 0.6) is 11.8 Å². The number of morpholine rings is 1. The van der Waals surface area contributed by atoms with Crippen molar-refractivity contribution in [3.8, 4) is 11.8 Å². The fraction of sp³-hybridized carbons (Fsp3) is 0.667. The molecule has 0 amide bonds. The molecule has 1 aromatic heterocycles. The highest BCUT2D eigenvalue weighted by atomic mass is 16.5. The van der Waals surface area contributed by atoms with Gasteiger partial charge < -0.3 is 24.8 Å². The molecular formula is C12H20N4O3. The second-order valence-corrected chi connectivity index (χ2v) is 4.47. The van der Waals surface area contributed by atoms with Gasteiger partial charge in [-0.2, -0.15) is 9.97 Å². The lowest BCUT2D eigenvalue weighted by molar-refractivity contribution is 0.0270. The van der Waals surface area contributed by atoms with E-state index >= 15 is 0 Å². The Balaban J connectivity index is 2.20. The van der Waals surface area contributed by atoms with Crippen LogP contribution in [0.3, 0.4) is 0 Å². The van der Waals surface area contributed by atoms with Crippen molar-refractivity contribution in [2.45, 2.75) is 19.1 Å². The van der Waals surface area contributed by atoms with Gasteiger partial charge in [-0.25, -0.2) is 0 Å². The Morgan fingerprint density at radius 1 is 1.37 bits per heavy atom. The number of aromatic nitrogens is 2. The summed E-state index contributed by atoms with van der Waals surface area (Å²) in [6, 6.07) is 1.61. The molecule has 106 valence electrons. The molecule has 1 aromatic rings. The Morgan fingerprint density at radius 2 is 2.00 bits per heavy atom. The maximum atomic E-state index is 5.88. The Hall–Kier alpha value is -1.60. The minimum atomic E-state index is -0.0321. The van der Waals surface area contributed by atoms with Gasteiger partial charge in [-0.15, -0.1) is 0 Å². The third-order valence-corrected chi connectivity index (χ3v) is 3.05. The highest BCUT2D eigenvalue weighted by molar-refractivity contribution is 5.37. The Bertz CT molecular complexity index is 405. The number of hydrogen-bond acceptors (Lipinski definition) is 7. The Morgan fingerprint density at radius 3 is 2.53 bits per heavy atom. The summed E-state index contributed by atoms with van der Waals surface area (Å²) in [4.78, 5) is 10.7. The molecule has 7 heteroatoms. The molecule has 2 unspecified atom stereocenters. The van der Waals surface area contributed by atoms with Gasteiger partial charge in [0.05, 0.1) is 33.0 Å². The first-order valence-electron chi connectivity index (χ1n) is 6.23. The van der Waals surface area contributed by atoms with Crippen molar-refractivity contribution in [2.75, 3.05) is 38.8 Å². The summed E-state index contributed by atoms with van der Waals surface area (Å²) < 4.78 is 15.9. The molecule has 1 saturated heterocycles. The average molecular weight is 268 g/mol. The van der Waals surface area contributed by atoms with Crippen molar-refractivity contribution >= 4 is 5.95 Å². The lowest BCUT2D eigenvalue weighted by atomic mass is 10.1. The quantitative estimate of drug-likeness (QED) is 0.825. The highest BCUT2D eigenvalue weighted by Gasteiger charge is 2.25. The predicted octanol–water partition coefficient (Wildman–Crippen LogP) is 0.0462. The van der Waals surface area contributed by atoms with Gasteiger partial charge >= 0.3 is 0 Å². The standard InChI is InChI=1S/C12H20N4O3/c1-8(13)9-7-16(4-5-19-9)12-14-10(17-2)6-11(15-12)18-3/h6,8-9H,4-5,7,13H2,1-3H3. The number of hydrogen-bond donors (Lipinski definition) is 1. The van der Waals surface area contributed by atoms with Crippen LogP contribution in [0.25, 0.3) is 0 Å². The molecule has 7 nitrogen and oxygen atoms in total. The zero-order valence-corrected chi connectivity index (χ0v) is 11.5. The van der Waals surface area contributed by atoms with E-state index in [1.807, 2.05) is 11.8 Å². The first-order chi connectivity index (χ1) is 9.13. The van der Waals surface area contributed by atoms with E-state index in [4.69, 9.17) is 19.9 Å². The van der Waals surface area contributed by atoms with Gasteiger partial charge in [0.15, 0.2) is 0 Å². The number of rotatable bonds is 4. The zero-order chi connectivity index (χ0) is 13.8. The molecule has 1 aliphatic heterocycles. The molecule has 0 spiro atoms. The van der Waals surface area contributed by atoms with Crippen molar-refractivity contribution < 1.29 is 14.2 Å². The van der Waals surface area contributed by atoms with Crippen molar-refractivity contribution in [3.63, 3.8) is 0 Å². The lowest BCUT2D eigenvalue weighted by Gasteiger charge is -2.34. The maximum Gasteiger partial charge on any atom is 0.232 e. The van der Waals surface area contributed by atoms with Crippen molar-refractivity contribution in [2.24, 2.45) is 5.73 Å². The van der Waals surface area contributed by atoms with Crippen LogP contribution in [-0.4, -0.2) is 56.0 Å². The van der Waals surface area contributed by atoms with Crippen LogP contribution in [0.4, 0.5) is 5.95 Å². The van der Waals surface area contributed by atoms with Gasteiger partial charge in [0.1, 0.15) is 0 Å². The largest absolute Gasteiger partial charge is 0.481 e. The van der Waals surface area contributed by atoms with Crippen LogP contribution in [-0.2, 0) is 4.74 Å². The van der Waals surface area contributed by atoms with E-state index in [0.717, 1.165) is 6.54 Å². The third-order valence-electron chi connectivity index (χ3n) is 3.05. The molecule has 2 rings (SSSR count). The average Bonchev–Trinajstić information content (AvgIpc) is 2.46. The van der Waals surface area contributed by atoms with Gasteiger partial charge in [-0.3, -0.25) is 0 Å². The van der Waals surface area contributed by atoms with Gasteiger partial charge in [-0.05, 0) is 6.92 Å². The molecule has 1 aliphatic rings. The number of anilines is 1. The number of nitrogens with two attached hydrogens (primary N) is 1. The second-order valence-electron chi connectivity index (χ2n) is 4.47. The van der Waals surface area contributed by atoms with E-state index in [1.54, 1.807) is 20.3 Å². The summed E-state index contributed by atoms with van der Waals surface area (Å²) >= 11 is 0. The summed E-state index contributed by atoms with van der Waals surface area (Å²) in [5.41, 5.74) is 5.88. The van der Waals surface area contributed by atoms with E-state index < -0.39 is 0 Å². The minimum Gasteiger partial charge on any atom is -0.481 e. The number of methoxy groups -OCH3 is 2. The van der Waals surface area contributed by atoms with Crippen LogP contribution < -0.4 is 20.1 Å². The Labute approximate surface area is 112 Å². The zero-order valence-electron chi connectivity index (χ0n) is 11.5. The van der Waals surface area contributed by atoms with Crippen molar-refractivity contribution in [1.29, 1.82) is 0 Å². The summed E-state index contributed by atoms with van der Waals surface area (Å²) in [6.45, 7) is 3.92. The van der Waals surface area contributed by atoms with Crippen LogP contribution in [0, 0.1) is 0 Å². The van der Waals surface area contributed by atoms with Crippen LogP contribution >= 0.6 is 0 Å². The molecule has 19 heavy (non-hydrogen) atoms. The first-order valence-corrected chi connectivity index (χ1v) is 6.23. The van der Waals surface area contributed by atoms with Crippen molar-refractivity contribution in [1.82, 2.24) is 9.97 Å². The van der Waals surface area contributed by atoms with Gasteiger partial charge in [0.2, 0.25) is 17.7 Å². The van der Waals surface area contributed by atoms with Crippen LogP contribution in [0.15, 0.2) is 6.07 Å². The lowest BCUT2D eigenvalue weighted by Crippen LogP contribution is -2.50. The van der Waals surface area contributed by atoms with Gasteiger partial charge in [-0.1, -0.05) is 0 Å². The topological polar surface area (TPSA) is 82.7 Å². The van der Waals surface area contributed by atoms with Crippen LogP contribution in [0.2, 0.25) is 0 Å². The van der Waals surface area contributed by atoms with Gasteiger partial charge in [0, 0.05) is 19.1 Å². The third kappa shape index (κ3) is 3.24. The molecule has 0 aliphatic carbocycles. The minimum absolute atomic E-state index is 0.0189. The highest BCUT2D eigenvalue weighted by Crippen LogP contribution is 2.22. The molecule has 1 fully saturated rings. The molecule has 2 atom stereocenters. The second kappa shape index (κ2) is 6.03. The van der Waals surface area contributed by atoms with E-state index in [-0.39, 0.29) is 12.1 Å². The van der Waals surface area contributed by atoms with Crippen LogP contribution in [0.1, 0.15) is 6.92 Å². The first kappa shape index (κ1) is 13.8. The molecule has 0 aromatic carbocycles. The molecular weight excluding hydrogens is 248 g/mol. The number of ether oxygens (including phenoxy) is 3. The van der Waals surface area contributed by atoms with E-state index in [0.29, 0.717) is 30.9 Å². The molecule has 2 heterocycles. The van der Waals surface area contributed by atoms with E-state index in [9.17, 15) is 0 Å². The summed E-state index contributed by atoms with van der Waals surface area (Å²) in [5.74, 6) is 1.53. The molecule has 0 bridgehead atoms. The van der Waals surface area contributed by atoms with Gasteiger partial charge in [0.25, 0.3) is 0 Å². The fourth-order valence-corrected chi connectivity index (χ4v) is 1.92. The Kier molecular flexibility index (Phi) is 4.39. The summed E-state index contributed by atoms with van der Waals surface area (Å²) in [7, 11) is 3.13. The van der Waals surface area contributed by atoms with Crippen molar-refractivity contribution in [3.05, 3.63) is 6.07 Å². The summed E-state index contributed by atoms with van der Waals surface area (Å²) in [6.07, 6.45) is -0.0189. The normalized spacial score (nSPS) is 21.1. The van der Waals surface area contributed by atoms with E-state index in [2.05, 4.69) is 9.97 Å². The fourth-order valence-electron chi connectivity index (χ4n) is 1.92. The number of nitrogens with zero attached hydrogens (tertiary/aromatic N) is 3. The smallest absolute Gasteiger partial charge is 0.232 e. The molecule has 0 radical (unpaired) electrons.